The van der Waals surface area contributed by atoms with E-state index >= 15 is 0 Å². The van der Waals surface area contributed by atoms with Crippen molar-refractivity contribution in [1.29, 1.82) is 0 Å². The van der Waals surface area contributed by atoms with Gasteiger partial charge >= 0.3 is 6.18 Å². The van der Waals surface area contributed by atoms with E-state index in [1.54, 1.807) is 18.3 Å². The molecule has 0 aliphatic heterocycles. The third kappa shape index (κ3) is 3.08. The maximum Gasteiger partial charge on any atom is 0.435 e. The molecule has 0 aliphatic rings. The number of nitrogens with two attached hydrogens (primary N) is 1. The number of thiazole rings is 1. The van der Waals surface area contributed by atoms with E-state index in [0.717, 1.165) is 0 Å². The molecule has 2 aromatic rings. The predicted molar refractivity (Wildman–Crippen MR) is 62.7 cm³/mol. The maximum atomic E-state index is 12.7. The molecule has 0 saturated heterocycles. The van der Waals surface area contributed by atoms with Gasteiger partial charge in [-0.15, -0.1) is 11.3 Å². The second-order valence-corrected chi connectivity index (χ2v) is 4.77. The standard InChI is InChI=1S/C11H8F3N3OS/c12-11(13,14)9-8(10(15)18)19-7(17-9)4-6-2-1-3-16-5-6/h1-3,5H,4H2,(H2,15,18). The molecule has 19 heavy (non-hydrogen) atoms. The summed E-state index contributed by atoms with van der Waals surface area (Å²) in [7, 11) is 0. The number of pyridine rings is 1. The lowest BCUT2D eigenvalue weighted by molar-refractivity contribution is -0.141. The van der Waals surface area contributed by atoms with Crippen molar-refractivity contribution in [2.24, 2.45) is 5.73 Å². The molecule has 2 aromatic heterocycles. The monoisotopic (exact) mass is 287 g/mol. The number of amides is 1. The molecule has 0 aromatic carbocycles. The first-order valence-corrected chi connectivity index (χ1v) is 5.95. The molecule has 8 heteroatoms. The Balaban J connectivity index is 2.36. The van der Waals surface area contributed by atoms with E-state index in [0.29, 0.717) is 16.9 Å². The van der Waals surface area contributed by atoms with Gasteiger partial charge in [0, 0.05) is 18.8 Å². The Morgan fingerprint density at radius 1 is 1.42 bits per heavy atom. The Labute approximate surface area is 110 Å². The van der Waals surface area contributed by atoms with E-state index in [1.165, 1.54) is 6.20 Å². The van der Waals surface area contributed by atoms with Crippen LogP contribution in [-0.2, 0) is 12.6 Å². The highest BCUT2D eigenvalue weighted by Gasteiger charge is 2.39. The van der Waals surface area contributed by atoms with Gasteiger partial charge in [0.25, 0.3) is 5.91 Å². The molecule has 0 atom stereocenters. The lowest BCUT2D eigenvalue weighted by Crippen LogP contribution is -2.16. The molecule has 0 spiro atoms. The van der Waals surface area contributed by atoms with Crippen LogP contribution >= 0.6 is 11.3 Å². The van der Waals surface area contributed by atoms with E-state index in [2.05, 4.69) is 9.97 Å². The minimum absolute atomic E-state index is 0.175. The lowest BCUT2D eigenvalue weighted by atomic mass is 10.2. The van der Waals surface area contributed by atoms with Gasteiger partial charge in [-0.05, 0) is 11.6 Å². The number of nitrogens with zero attached hydrogens (tertiary/aromatic N) is 2. The highest BCUT2D eigenvalue weighted by molar-refractivity contribution is 7.13. The van der Waals surface area contributed by atoms with Gasteiger partial charge in [0.2, 0.25) is 0 Å². The van der Waals surface area contributed by atoms with Gasteiger partial charge in [0.1, 0.15) is 4.88 Å². The third-order valence-corrected chi connectivity index (χ3v) is 3.31. The van der Waals surface area contributed by atoms with Crippen LogP contribution in [0.4, 0.5) is 13.2 Å². The SMILES string of the molecule is NC(=O)c1sc(Cc2cccnc2)nc1C(F)(F)F. The number of alkyl halides is 3. The van der Waals surface area contributed by atoms with Gasteiger partial charge in [-0.3, -0.25) is 9.78 Å². The molecule has 1 amide bonds. The fourth-order valence-electron chi connectivity index (χ4n) is 1.48. The van der Waals surface area contributed by atoms with Gasteiger partial charge < -0.3 is 5.73 Å². The molecule has 0 bridgehead atoms. The second kappa shape index (κ2) is 4.96. The predicted octanol–water partition coefficient (Wildman–Crippen LogP) is 2.25. The fourth-order valence-corrected chi connectivity index (χ4v) is 2.45. The summed E-state index contributed by atoms with van der Waals surface area (Å²) >= 11 is 0.656. The number of halogens is 3. The third-order valence-electron chi connectivity index (χ3n) is 2.24. The second-order valence-electron chi connectivity index (χ2n) is 3.69. The van der Waals surface area contributed by atoms with Crippen LogP contribution in [0.25, 0.3) is 0 Å². The highest BCUT2D eigenvalue weighted by Crippen LogP contribution is 2.34. The van der Waals surface area contributed by atoms with E-state index in [4.69, 9.17) is 5.73 Å². The van der Waals surface area contributed by atoms with Crippen LogP contribution in [0.5, 0.6) is 0 Å². The van der Waals surface area contributed by atoms with E-state index in [-0.39, 0.29) is 11.4 Å². The van der Waals surface area contributed by atoms with Crippen LogP contribution in [0, 0.1) is 0 Å². The summed E-state index contributed by atoms with van der Waals surface area (Å²) in [6.07, 6.45) is -1.43. The van der Waals surface area contributed by atoms with Crippen molar-refractivity contribution in [3.63, 3.8) is 0 Å². The lowest BCUT2D eigenvalue weighted by Gasteiger charge is -2.02. The number of carbonyl (C=O) groups excluding carboxylic acids is 1. The largest absolute Gasteiger partial charge is 0.435 e. The van der Waals surface area contributed by atoms with Gasteiger partial charge in [0.05, 0.1) is 5.01 Å². The molecule has 0 saturated carbocycles. The number of carbonyl (C=O) groups is 1. The molecular formula is C11H8F3N3OS. The van der Waals surface area contributed by atoms with Crippen molar-refractivity contribution < 1.29 is 18.0 Å². The summed E-state index contributed by atoms with van der Waals surface area (Å²) in [5.41, 5.74) is 4.43. The Hall–Kier alpha value is -1.96. The number of primary amides is 1. The smallest absolute Gasteiger partial charge is 0.365 e. The summed E-state index contributed by atoms with van der Waals surface area (Å²) < 4.78 is 38.1. The molecule has 4 nitrogen and oxygen atoms in total. The summed E-state index contributed by atoms with van der Waals surface area (Å²) in [5.74, 6) is -1.12. The average Bonchev–Trinajstić information content (AvgIpc) is 2.74. The van der Waals surface area contributed by atoms with E-state index < -0.39 is 22.7 Å². The summed E-state index contributed by atoms with van der Waals surface area (Å²) in [5, 5.41) is 0.175. The van der Waals surface area contributed by atoms with Gasteiger partial charge in [-0.2, -0.15) is 13.2 Å². The normalized spacial score (nSPS) is 11.5. The van der Waals surface area contributed by atoms with Crippen molar-refractivity contribution in [1.82, 2.24) is 9.97 Å². The van der Waals surface area contributed by atoms with E-state index in [1.807, 2.05) is 0 Å². The zero-order valence-electron chi connectivity index (χ0n) is 9.44. The number of hydrogen-bond acceptors (Lipinski definition) is 4. The fraction of sp³-hybridized carbons (Fsp3) is 0.182. The minimum atomic E-state index is -4.69. The van der Waals surface area contributed by atoms with Crippen molar-refractivity contribution in [3.05, 3.63) is 45.7 Å². The maximum absolute atomic E-state index is 12.7. The summed E-state index contributed by atoms with van der Waals surface area (Å²) in [6.45, 7) is 0. The first-order chi connectivity index (χ1) is 8.88. The van der Waals surface area contributed by atoms with Crippen molar-refractivity contribution in [2.75, 3.05) is 0 Å². The Morgan fingerprint density at radius 3 is 2.63 bits per heavy atom. The quantitative estimate of drug-likeness (QED) is 0.941. The molecule has 2 N–H and O–H groups in total. The molecule has 2 rings (SSSR count). The number of aromatic nitrogens is 2. The summed E-state index contributed by atoms with van der Waals surface area (Å²) in [4.78, 5) is 17.8. The summed E-state index contributed by atoms with van der Waals surface area (Å²) in [6, 6.07) is 3.38. The number of rotatable bonds is 3. The van der Waals surface area contributed by atoms with Crippen LogP contribution in [0.2, 0.25) is 0 Å². The van der Waals surface area contributed by atoms with Gasteiger partial charge in [-0.1, -0.05) is 6.07 Å². The zero-order valence-corrected chi connectivity index (χ0v) is 10.3. The highest BCUT2D eigenvalue weighted by atomic mass is 32.1. The Kier molecular flexibility index (Phi) is 3.52. The zero-order chi connectivity index (χ0) is 14.0. The topological polar surface area (TPSA) is 68.9 Å². The van der Waals surface area contributed by atoms with Crippen LogP contribution in [0.15, 0.2) is 24.5 Å². The molecule has 0 unspecified atom stereocenters. The molecule has 100 valence electrons. The molecular weight excluding hydrogens is 279 g/mol. The van der Waals surface area contributed by atoms with Crippen LogP contribution in [0.1, 0.15) is 25.9 Å². The molecule has 2 heterocycles. The van der Waals surface area contributed by atoms with E-state index in [9.17, 15) is 18.0 Å². The van der Waals surface area contributed by atoms with Gasteiger partial charge in [0.15, 0.2) is 5.69 Å². The van der Waals surface area contributed by atoms with Crippen LogP contribution < -0.4 is 5.73 Å². The van der Waals surface area contributed by atoms with Crippen LogP contribution in [-0.4, -0.2) is 15.9 Å². The molecule has 0 radical (unpaired) electrons. The van der Waals surface area contributed by atoms with Crippen molar-refractivity contribution in [3.8, 4) is 0 Å². The van der Waals surface area contributed by atoms with Crippen molar-refractivity contribution in [2.45, 2.75) is 12.6 Å². The first kappa shape index (κ1) is 13.5. The van der Waals surface area contributed by atoms with Gasteiger partial charge in [-0.25, -0.2) is 4.98 Å². The first-order valence-electron chi connectivity index (χ1n) is 5.13. The average molecular weight is 287 g/mol. The van der Waals surface area contributed by atoms with Crippen molar-refractivity contribution >= 4 is 17.2 Å². The number of hydrogen-bond donors (Lipinski definition) is 1. The molecule has 0 fully saturated rings. The Bertz CT molecular complexity index is 595. The minimum Gasteiger partial charge on any atom is -0.365 e. The van der Waals surface area contributed by atoms with Crippen LogP contribution in [0.3, 0.4) is 0 Å². The molecule has 0 aliphatic carbocycles. The Morgan fingerprint density at radius 2 is 2.16 bits per heavy atom.